The molecule has 1 saturated heterocycles. The van der Waals surface area contributed by atoms with E-state index < -0.39 is 0 Å². The number of quaternary nitrogens is 1. The Morgan fingerprint density at radius 1 is 0.833 bits per heavy atom. The van der Waals surface area contributed by atoms with Gasteiger partial charge in [0.05, 0.1) is 39.9 Å². The van der Waals surface area contributed by atoms with Crippen molar-refractivity contribution in [1.29, 1.82) is 0 Å². The number of hydrogen-bond donors (Lipinski definition) is 0. The average Bonchev–Trinajstić information content (AvgIpc) is 2.78. The number of benzene rings is 1. The van der Waals surface area contributed by atoms with Gasteiger partial charge < -0.3 is 14.0 Å². The SMILES string of the molecule is CCCCOc1ccc(OCCC[N+]2(C)CCCCCC2)cc1.[Y]. The van der Waals surface area contributed by atoms with Crippen LogP contribution in [-0.4, -0.2) is 44.4 Å². The summed E-state index contributed by atoms with van der Waals surface area (Å²) in [6.45, 7) is 7.69. The first-order valence-electron chi connectivity index (χ1n) is 9.41. The Morgan fingerprint density at radius 2 is 1.33 bits per heavy atom. The second-order valence-electron chi connectivity index (χ2n) is 7.08. The minimum absolute atomic E-state index is 0. The maximum absolute atomic E-state index is 5.89. The van der Waals surface area contributed by atoms with Crippen molar-refractivity contribution in [2.75, 3.05) is 39.9 Å². The van der Waals surface area contributed by atoms with Gasteiger partial charge in [0.15, 0.2) is 0 Å². The molecule has 0 saturated carbocycles. The molecular formula is C20H34NO2Y+. The normalized spacial score (nSPS) is 16.8. The standard InChI is InChI=1S/C20H34NO2.Y/c1-3-4-17-22-19-10-12-20(13-11-19)23-18-9-16-21(2)14-7-5-6-8-15-21;/h10-13H,3-9,14-18H2,1-2H3;/q+1;. The van der Waals surface area contributed by atoms with Crippen LogP contribution in [0.25, 0.3) is 0 Å². The Balaban J connectivity index is 0.00000288. The van der Waals surface area contributed by atoms with Gasteiger partial charge in [-0.2, -0.15) is 0 Å². The third-order valence-corrected chi connectivity index (χ3v) is 4.85. The largest absolute Gasteiger partial charge is 0.494 e. The van der Waals surface area contributed by atoms with Crippen molar-refractivity contribution in [1.82, 2.24) is 0 Å². The molecule has 0 bridgehead atoms. The van der Waals surface area contributed by atoms with E-state index in [2.05, 4.69) is 14.0 Å². The molecule has 24 heavy (non-hydrogen) atoms. The topological polar surface area (TPSA) is 18.5 Å². The van der Waals surface area contributed by atoms with Crippen molar-refractivity contribution in [2.45, 2.75) is 51.9 Å². The van der Waals surface area contributed by atoms with Gasteiger partial charge >= 0.3 is 0 Å². The molecule has 2 rings (SSSR count). The molecule has 133 valence electrons. The van der Waals surface area contributed by atoms with Gasteiger partial charge in [-0.1, -0.05) is 13.3 Å². The van der Waals surface area contributed by atoms with Crippen molar-refractivity contribution in [3.63, 3.8) is 0 Å². The van der Waals surface area contributed by atoms with Crippen molar-refractivity contribution in [2.24, 2.45) is 0 Å². The Morgan fingerprint density at radius 3 is 1.83 bits per heavy atom. The van der Waals surface area contributed by atoms with Crippen LogP contribution in [0.3, 0.4) is 0 Å². The Bertz CT molecular complexity index is 428. The summed E-state index contributed by atoms with van der Waals surface area (Å²) in [5, 5.41) is 0. The monoisotopic (exact) mass is 409 g/mol. The first-order chi connectivity index (χ1) is 11.2. The summed E-state index contributed by atoms with van der Waals surface area (Å²) >= 11 is 0. The molecule has 1 heterocycles. The van der Waals surface area contributed by atoms with Gasteiger partial charge in [-0.25, -0.2) is 0 Å². The maximum Gasteiger partial charge on any atom is 0.119 e. The van der Waals surface area contributed by atoms with Gasteiger partial charge in [-0.3, -0.25) is 0 Å². The quantitative estimate of drug-likeness (QED) is 0.437. The van der Waals surface area contributed by atoms with Gasteiger partial charge in [-0.05, 0) is 56.4 Å². The first kappa shape index (κ1) is 21.9. The van der Waals surface area contributed by atoms with Crippen LogP contribution in [0.4, 0.5) is 0 Å². The van der Waals surface area contributed by atoms with Crippen LogP contribution in [0.1, 0.15) is 51.9 Å². The minimum Gasteiger partial charge on any atom is -0.494 e. The summed E-state index contributed by atoms with van der Waals surface area (Å²) < 4.78 is 12.8. The van der Waals surface area contributed by atoms with E-state index in [1.54, 1.807) is 0 Å². The Hall–Kier alpha value is -0.116. The zero-order valence-electron chi connectivity index (χ0n) is 15.6. The van der Waals surface area contributed by atoms with Crippen LogP contribution >= 0.6 is 0 Å². The molecule has 1 aromatic rings. The van der Waals surface area contributed by atoms with Crippen LogP contribution in [0.15, 0.2) is 24.3 Å². The molecule has 1 radical (unpaired) electrons. The number of unbranched alkanes of at least 4 members (excludes halogenated alkanes) is 1. The zero-order valence-corrected chi connectivity index (χ0v) is 18.5. The molecule has 3 nitrogen and oxygen atoms in total. The van der Waals surface area contributed by atoms with Crippen molar-refractivity contribution < 1.29 is 46.7 Å². The van der Waals surface area contributed by atoms with E-state index in [0.717, 1.165) is 37.6 Å². The van der Waals surface area contributed by atoms with Crippen molar-refractivity contribution in [3.05, 3.63) is 24.3 Å². The van der Waals surface area contributed by atoms with E-state index in [-0.39, 0.29) is 32.7 Å². The molecule has 1 aliphatic heterocycles. The summed E-state index contributed by atoms with van der Waals surface area (Å²) in [5.41, 5.74) is 0. The molecule has 1 fully saturated rings. The van der Waals surface area contributed by atoms with E-state index in [1.165, 1.54) is 56.2 Å². The average molecular weight is 409 g/mol. The number of rotatable bonds is 9. The molecule has 1 aliphatic rings. The molecule has 0 N–H and O–H groups in total. The van der Waals surface area contributed by atoms with Crippen LogP contribution in [0.2, 0.25) is 0 Å². The van der Waals surface area contributed by atoms with E-state index in [0.29, 0.717) is 0 Å². The number of likely N-dealkylation sites (tertiary alicyclic amines) is 1. The van der Waals surface area contributed by atoms with Crippen LogP contribution < -0.4 is 9.47 Å². The smallest absolute Gasteiger partial charge is 0.119 e. The van der Waals surface area contributed by atoms with E-state index in [1.807, 2.05) is 24.3 Å². The molecular weight excluding hydrogens is 375 g/mol. The molecule has 0 aromatic heterocycles. The molecule has 0 spiro atoms. The van der Waals surface area contributed by atoms with Gasteiger partial charge in [-0.15, -0.1) is 0 Å². The Labute approximate surface area is 173 Å². The molecule has 1 aromatic carbocycles. The van der Waals surface area contributed by atoms with Gasteiger partial charge in [0, 0.05) is 39.1 Å². The molecule has 0 amide bonds. The first-order valence-corrected chi connectivity index (χ1v) is 9.41. The van der Waals surface area contributed by atoms with E-state index >= 15 is 0 Å². The maximum atomic E-state index is 5.89. The summed E-state index contributed by atoms with van der Waals surface area (Å²) in [6.07, 6.45) is 9.00. The molecule has 0 unspecified atom stereocenters. The second kappa shape index (κ2) is 12.3. The van der Waals surface area contributed by atoms with Gasteiger partial charge in [0.1, 0.15) is 11.5 Å². The molecule has 4 heteroatoms. The molecule has 0 atom stereocenters. The van der Waals surface area contributed by atoms with Crippen molar-refractivity contribution in [3.8, 4) is 11.5 Å². The van der Waals surface area contributed by atoms with E-state index in [4.69, 9.17) is 9.47 Å². The number of nitrogens with zero attached hydrogens (tertiary/aromatic N) is 1. The van der Waals surface area contributed by atoms with Crippen LogP contribution in [0.5, 0.6) is 11.5 Å². The Kier molecular flexibility index (Phi) is 11.2. The van der Waals surface area contributed by atoms with E-state index in [9.17, 15) is 0 Å². The fraction of sp³-hybridized carbons (Fsp3) is 0.700. The van der Waals surface area contributed by atoms with Crippen LogP contribution in [0, 0.1) is 0 Å². The number of hydrogen-bond acceptors (Lipinski definition) is 2. The summed E-state index contributed by atoms with van der Waals surface area (Å²) in [6, 6.07) is 8.05. The van der Waals surface area contributed by atoms with Gasteiger partial charge in [0.2, 0.25) is 0 Å². The van der Waals surface area contributed by atoms with Gasteiger partial charge in [0.25, 0.3) is 0 Å². The predicted octanol–water partition coefficient (Wildman–Crippen LogP) is 4.65. The summed E-state index contributed by atoms with van der Waals surface area (Å²) in [4.78, 5) is 0. The minimum atomic E-state index is 0. The zero-order chi connectivity index (χ0) is 16.4. The third-order valence-electron chi connectivity index (χ3n) is 4.85. The summed E-state index contributed by atoms with van der Waals surface area (Å²) in [5.74, 6) is 1.89. The summed E-state index contributed by atoms with van der Waals surface area (Å²) in [7, 11) is 2.41. The fourth-order valence-electron chi connectivity index (χ4n) is 3.28. The number of ether oxygens (including phenoxy) is 2. The fourth-order valence-corrected chi connectivity index (χ4v) is 3.28. The second-order valence-corrected chi connectivity index (χ2v) is 7.08. The van der Waals surface area contributed by atoms with Crippen molar-refractivity contribution >= 4 is 0 Å². The predicted molar refractivity (Wildman–Crippen MR) is 96.2 cm³/mol. The van der Waals surface area contributed by atoms with Crippen LogP contribution in [-0.2, 0) is 32.7 Å². The third kappa shape index (κ3) is 8.31. The molecule has 0 aliphatic carbocycles.